The van der Waals surface area contributed by atoms with Gasteiger partial charge < -0.3 is 20.1 Å². The van der Waals surface area contributed by atoms with E-state index in [9.17, 15) is 0 Å². The van der Waals surface area contributed by atoms with Crippen molar-refractivity contribution >= 4 is 17.3 Å². The van der Waals surface area contributed by atoms with Gasteiger partial charge in [-0.15, -0.1) is 0 Å². The first-order valence-corrected chi connectivity index (χ1v) is 8.85. The normalized spacial score (nSPS) is 10.4. The number of aryl methyl sites for hydroxylation is 1. The van der Waals surface area contributed by atoms with E-state index in [4.69, 9.17) is 9.47 Å². The van der Waals surface area contributed by atoms with Crippen LogP contribution in [0.4, 0.5) is 17.3 Å². The van der Waals surface area contributed by atoms with Gasteiger partial charge >= 0.3 is 0 Å². The van der Waals surface area contributed by atoms with Crippen molar-refractivity contribution in [3.63, 3.8) is 0 Å². The van der Waals surface area contributed by atoms with Crippen molar-refractivity contribution in [2.45, 2.75) is 13.5 Å². The Morgan fingerprint density at radius 2 is 1.67 bits per heavy atom. The number of rotatable bonds is 9. The van der Waals surface area contributed by atoms with Gasteiger partial charge in [0.15, 0.2) is 0 Å². The Bertz CT molecular complexity index is 839. The van der Waals surface area contributed by atoms with Crippen LogP contribution in [0.25, 0.3) is 0 Å². The molecule has 2 aromatic carbocycles. The van der Waals surface area contributed by atoms with Gasteiger partial charge in [-0.3, -0.25) is 0 Å². The Morgan fingerprint density at radius 1 is 0.926 bits per heavy atom. The predicted octanol–water partition coefficient (Wildman–Crippen LogP) is 4.17. The van der Waals surface area contributed by atoms with Crippen molar-refractivity contribution in [2.24, 2.45) is 0 Å². The third-order valence-corrected chi connectivity index (χ3v) is 3.83. The molecule has 3 aromatic rings. The first-order valence-electron chi connectivity index (χ1n) is 8.85. The number of benzene rings is 2. The molecule has 27 heavy (non-hydrogen) atoms. The third-order valence-electron chi connectivity index (χ3n) is 3.83. The third kappa shape index (κ3) is 5.97. The highest BCUT2D eigenvalue weighted by atomic mass is 16.5. The van der Waals surface area contributed by atoms with Gasteiger partial charge in [-0.2, -0.15) is 0 Å². The number of nitrogens with one attached hydrogen (secondary N) is 2. The van der Waals surface area contributed by atoms with Gasteiger partial charge in [0.25, 0.3) is 0 Å². The highest BCUT2D eigenvalue weighted by Crippen LogP contribution is 2.21. The van der Waals surface area contributed by atoms with Gasteiger partial charge in [-0.05, 0) is 36.8 Å². The number of hydrogen-bond acceptors (Lipinski definition) is 6. The highest BCUT2D eigenvalue weighted by molar-refractivity contribution is 5.60. The summed E-state index contributed by atoms with van der Waals surface area (Å²) < 4.78 is 10.9. The highest BCUT2D eigenvalue weighted by Gasteiger charge is 2.03. The van der Waals surface area contributed by atoms with E-state index in [1.165, 1.54) is 0 Å². The number of methoxy groups -OCH3 is 1. The van der Waals surface area contributed by atoms with Gasteiger partial charge in [-0.1, -0.05) is 30.3 Å². The van der Waals surface area contributed by atoms with E-state index in [0.717, 1.165) is 28.6 Å². The van der Waals surface area contributed by atoms with E-state index in [-0.39, 0.29) is 0 Å². The summed E-state index contributed by atoms with van der Waals surface area (Å²) in [5.41, 5.74) is 2.08. The van der Waals surface area contributed by atoms with E-state index in [1.54, 1.807) is 7.11 Å². The zero-order valence-electron chi connectivity index (χ0n) is 15.6. The average molecular weight is 364 g/mol. The molecule has 0 amide bonds. The Balaban J connectivity index is 1.59. The minimum absolute atomic E-state index is 0.551. The zero-order valence-corrected chi connectivity index (χ0v) is 15.6. The molecule has 0 bridgehead atoms. The molecule has 0 atom stereocenters. The summed E-state index contributed by atoms with van der Waals surface area (Å²) in [6.45, 7) is 3.73. The maximum absolute atomic E-state index is 5.82. The minimum atomic E-state index is 0.551. The molecule has 1 heterocycles. The smallest absolute Gasteiger partial charge is 0.136 e. The standard InChI is InChI=1S/C21H24N4O2/c1-16-23-20(22-12-13-26-2)14-21(24-16)25-18-8-10-19(11-9-18)27-15-17-6-4-3-5-7-17/h3-11,14H,12-13,15H2,1-2H3,(H2,22,23,24,25). The second-order valence-corrected chi connectivity index (χ2v) is 6.03. The molecule has 0 aliphatic heterocycles. The van der Waals surface area contributed by atoms with Crippen LogP contribution in [0.5, 0.6) is 5.75 Å². The van der Waals surface area contributed by atoms with Gasteiger partial charge in [0.2, 0.25) is 0 Å². The van der Waals surface area contributed by atoms with Crippen LogP contribution in [0.2, 0.25) is 0 Å². The lowest BCUT2D eigenvalue weighted by molar-refractivity contribution is 0.210. The molecule has 0 unspecified atom stereocenters. The quantitative estimate of drug-likeness (QED) is 0.556. The Hall–Kier alpha value is -3.12. The molecule has 0 spiro atoms. The molecule has 0 radical (unpaired) electrons. The predicted molar refractivity (Wildman–Crippen MR) is 108 cm³/mol. The molecule has 0 aliphatic rings. The summed E-state index contributed by atoms with van der Waals surface area (Å²) in [6, 6.07) is 19.8. The van der Waals surface area contributed by atoms with Gasteiger partial charge in [0.05, 0.1) is 6.61 Å². The maximum Gasteiger partial charge on any atom is 0.136 e. The number of nitrogens with zero attached hydrogens (tertiary/aromatic N) is 2. The minimum Gasteiger partial charge on any atom is -0.489 e. The monoisotopic (exact) mass is 364 g/mol. The van der Waals surface area contributed by atoms with Crippen LogP contribution in [0.3, 0.4) is 0 Å². The number of hydrogen-bond donors (Lipinski definition) is 2. The lowest BCUT2D eigenvalue weighted by Crippen LogP contribution is -2.10. The summed E-state index contributed by atoms with van der Waals surface area (Å²) in [6.07, 6.45) is 0. The van der Waals surface area contributed by atoms with Crippen LogP contribution >= 0.6 is 0 Å². The topological polar surface area (TPSA) is 68.3 Å². The molecule has 0 saturated carbocycles. The summed E-state index contributed by atoms with van der Waals surface area (Å²) in [7, 11) is 1.67. The van der Waals surface area contributed by atoms with Gasteiger partial charge in [0.1, 0.15) is 29.8 Å². The molecule has 2 N–H and O–H groups in total. The number of anilines is 3. The van der Waals surface area contributed by atoms with E-state index in [0.29, 0.717) is 25.6 Å². The van der Waals surface area contributed by atoms with Crippen molar-refractivity contribution in [1.82, 2.24) is 9.97 Å². The van der Waals surface area contributed by atoms with E-state index in [2.05, 4.69) is 20.6 Å². The fourth-order valence-corrected chi connectivity index (χ4v) is 2.53. The van der Waals surface area contributed by atoms with Crippen molar-refractivity contribution in [3.05, 3.63) is 72.1 Å². The number of aromatic nitrogens is 2. The SMILES string of the molecule is COCCNc1cc(Nc2ccc(OCc3ccccc3)cc2)nc(C)n1. The van der Waals surface area contributed by atoms with E-state index >= 15 is 0 Å². The molecule has 140 valence electrons. The van der Waals surface area contributed by atoms with E-state index < -0.39 is 0 Å². The largest absolute Gasteiger partial charge is 0.489 e. The molecule has 1 aromatic heterocycles. The fraction of sp³-hybridized carbons (Fsp3) is 0.238. The van der Waals surface area contributed by atoms with Gasteiger partial charge in [0, 0.05) is 25.4 Å². The molecule has 6 nitrogen and oxygen atoms in total. The van der Waals surface area contributed by atoms with Crippen LogP contribution < -0.4 is 15.4 Å². The van der Waals surface area contributed by atoms with Crippen LogP contribution in [-0.2, 0) is 11.3 Å². The lowest BCUT2D eigenvalue weighted by Gasteiger charge is -2.11. The second-order valence-electron chi connectivity index (χ2n) is 6.03. The molecule has 0 fully saturated rings. The summed E-state index contributed by atoms with van der Waals surface area (Å²) >= 11 is 0. The summed E-state index contributed by atoms with van der Waals surface area (Å²) in [5.74, 6) is 3.03. The summed E-state index contributed by atoms with van der Waals surface area (Å²) in [4.78, 5) is 8.81. The maximum atomic E-state index is 5.82. The van der Waals surface area contributed by atoms with Crippen molar-refractivity contribution in [3.8, 4) is 5.75 Å². The first kappa shape index (κ1) is 18.7. The van der Waals surface area contributed by atoms with Gasteiger partial charge in [-0.25, -0.2) is 9.97 Å². The van der Waals surface area contributed by atoms with Crippen LogP contribution in [0, 0.1) is 6.92 Å². The molecule has 0 aliphatic carbocycles. The molecule has 6 heteroatoms. The number of ether oxygens (including phenoxy) is 2. The Kier molecular flexibility index (Phi) is 6.60. The second kappa shape index (κ2) is 9.54. The molecular formula is C21H24N4O2. The Morgan fingerprint density at radius 3 is 2.41 bits per heavy atom. The first-order chi connectivity index (χ1) is 13.2. The van der Waals surface area contributed by atoms with Crippen LogP contribution in [-0.4, -0.2) is 30.2 Å². The van der Waals surface area contributed by atoms with E-state index in [1.807, 2.05) is 67.6 Å². The van der Waals surface area contributed by atoms with Crippen LogP contribution in [0.15, 0.2) is 60.7 Å². The lowest BCUT2D eigenvalue weighted by atomic mass is 10.2. The van der Waals surface area contributed by atoms with Crippen LogP contribution in [0.1, 0.15) is 11.4 Å². The Labute approximate surface area is 159 Å². The molecule has 0 saturated heterocycles. The zero-order chi connectivity index (χ0) is 18.9. The van der Waals surface area contributed by atoms with Crippen molar-refractivity contribution in [2.75, 3.05) is 30.9 Å². The molecule has 3 rings (SSSR count). The van der Waals surface area contributed by atoms with Crippen molar-refractivity contribution < 1.29 is 9.47 Å². The summed E-state index contributed by atoms with van der Waals surface area (Å²) in [5, 5.41) is 6.52. The fourth-order valence-electron chi connectivity index (χ4n) is 2.53. The average Bonchev–Trinajstić information content (AvgIpc) is 2.68. The molecular weight excluding hydrogens is 340 g/mol. The van der Waals surface area contributed by atoms with Crippen molar-refractivity contribution in [1.29, 1.82) is 0 Å².